The summed E-state index contributed by atoms with van der Waals surface area (Å²) in [5.74, 6) is -1.75. The Labute approximate surface area is 306 Å². The maximum atomic E-state index is 15.0. The predicted octanol–water partition coefficient (Wildman–Crippen LogP) is 6.67. The number of alkyl halides is 6. The molecule has 2 saturated heterocycles. The van der Waals surface area contributed by atoms with E-state index < -0.39 is 57.7 Å². The number of thiophene rings is 1. The van der Waals surface area contributed by atoms with Crippen LogP contribution in [0, 0.1) is 0 Å². The quantitative estimate of drug-likeness (QED) is 0.266. The van der Waals surface area contributed by atoms with Crippen LogP contribution in [0.25, 0.3) is 0 Å². The third-order valence-corrected chi connectivity index (χ3v) is 10.8. The molecule has 0 saturated carbocycles. The first-order chi connectivity index (χ1) is 25.3. The fourth-order valence-electron chi connectivity index (χ4n) is 7.38. The van der Waals surface area contributed by atoms with Crippen molar-refractivity contribution in [2.75, 3.05) is 57.4 Å². The van der Waals surface area contributed by atoms with Crippen molar-refractivity contribution < 1.29 is 55.2 Å². The molecule has 3 aromatic rings. The number of fused-ring (bicyclic) bond motifs is 2. The van der Waals surface area contributed by atoms with E-state index in [1.165, 1.54) is 4.90 Å². The number of piperidine rings is 1. The first-order valence-electron chi connectivity index (χ1n) is 17.5. The Bertz CT molecular complexity index is 1750. The van der Waals surface area contributed by atoms with Crippen molar-refractivity contribution in [3.8, 4) is 17.4 Å². The third-order valence-electron chi connectivity index (χ3n) is 9.81. The molecule has 6 rings (SSSR count). The summed E-state index contributed by atoms with van der Waals surface area (Å²) in [7, 11) is 0. The highest BCUT2D eigenvalue weighted by Gasteiger charge is 2.56. The molecule has 3 aliphatic rings. The second-order valence-corrected chi connectivity index (χ2v) is 14.1. The lowest BCUT2D eigenvalue weighted by Crippen LogP contribution is -2.69. The molecule has 2 amide bonds. The number of nitrogens with zero attached hydrogens (tertiary/aromatic N) is 4. The Hall–Kier alpha value is -4.25. The molecule has 2 aromatic heterocycles. The summed E-state index contributed by atoms with van der Waals surface area (Å²) in [5.41, 5.74) is -3.19. The summed E-state index contributed by atoms with van der Waals surface area (Å²) in [6, 6.07) is 7.62. The summed E-state index contributed by atoms with van der Waals surface area (Å²) in [6.07, 6.45) is -6.17. The number of aliphatic hydroxyl groups is 1. The molecule has 2 atom stereocenters. The zero-order valence-corrected chi connectivity index (χ0v) is 29.6. The van der Waals surface area contributed by atoms with Crippen LogP contribution in [0.1, 0.15) is 65.7 Å². The average Bonchev–Trinajstić information content (AvgIpc) is 3.62. The lowest BCUT2D eigenvalue weighted by atomic mass is 9.79. The maximum absolute atomic E-state index is 15.0. The van der Waals surface area contributed by atoms with Gasteiger partial charge in [-0.1, -0.05) is 31.4 Å². The second-order valence-electron chi connectivity index (χ2n) is 13.2. The van der Waals surface area contributed by atoms with Crippen LogP contribution in [0.3, 0.4) is 0 Å². The standard InChI is InChI=1S/C36H40F6N4O6S/c37-35(38,39)25-11-13-43-31-30(25)32(48)46-14-7-12-34(28(46)10-3-1-2-6-20-51-31,52-24-22-29(53-23-24)36(40,41)42)33(49)45-17-15-44(16-18-45)26-8-4-5-9-27(26)50-21-19-47/h4-5,8-9,11,13,22-23,28,47H,1-3,6-7,10,12,14-21H2. The fourth-order valence-corrected chi connectivity index (χ4v) is 8.05. The third kappa shape index (κ3) is 8.30. The normalized spacial score (nSPS) is 21.8. The van der Waals surface area contributed by atoms with Gasteiger partial charge in [0.2, 0.25) is 11.5 Å². The Kier molecular flexibility index (Phi) is 11.6. The van der Waals surface area contributed by atoms with Crippen molar-refractivity contribution in [2.24, 2.45) is 0 Å². The smallest absolute Gasteiger partial charge is 0.425 e. The second kappa shape index (κ2) is 16.0. The van der Waals surface area contributed by atoms with E-state index in [2.05, 4.69) is 4.98 Å². The number of anilines is 1. The monoisotopic (exact) mass is 770 g/mol. The van der Waals surface area contributed by atoms with E-state index in [-0.39, 0.29) is 64.5 Å². The van der Waals surface area contributed by atoms with E-state index >= 15 is 0 Å². The summed E-state index contributed by atoms with van der Waals surface area (Å²) in [4.78, 5) is 37.3. The van der Waals surface area contributed by atoms with E-state index in [4.69, 9.17) is 14.2 Å². The van der Waals surface area contributed by atoms with Crippen molar-refractivity contribution in [1.82, 2.24) is 14.8 Å². The van der Waals surface area contributed by atoms with Crippen molar-refractivity contribution in [3.05, 3.63) is 64.0 Å². The number of rotatable bonds is 7. The first-order valence-corrected chi connectivity index (χ1v) is 18.4. The summed E-state index contributed by atoms with van der Waals surface area (Å²) in [5, 5.41) is 10.4. The molecule has 0 aliphatic carbocycles. The summed E-state index contributed by atoms with van der Waals surface area (Å²) in [6.45, 7) is 0.969. The number of carbonyl (C=O) groups excluding carboxylic acids is 2. The maximum Gasteiger partial charge on any atom is 0.425 e. The molecule has 0 spiro atoms. The zero-order valence-electron chi connectivity index (χ0n) is 28.8. The van der Waals surface area contributed by atoms with Crippen LogP contribution >= 0.6 is 11.3 Å². The Balaban J connectivity index is 1.39. The topological polar surface area (TPSA) is 105 Å². The molecule has 3 aliphatic heterocycles. The van der Waals surface area contributed by atoms with E-state index in [1.54, 1.807) is 17.0 Å². The molecule has 0 bridgehead atoms. The van der Waals surface area contributed by atoms with Crippen LogP contribution in [-0.2, 0) is 17.1 Å². The zero-order chi connectivity index (χ0) is 37.8. The molecule has 1 aromatic carbocycles. The van der Waals surface area contributed by atoms with Gasteiger partial charge in [0.05, 0.1) is 30.5 Å². The Morgan fingerprint density at radius 2 is 1.74 bits per heavy atom. The summed E-state index contributed by atoms with van der Waals surface area (Å²) < 4.78 is 102. The van der Waals surface area contributed by atoms with Crippen LogP contribution in [-0.4, -0.2) is 95.9 Å². The van der Waals surface area contributed by atoms with Crippen molar-refractivity contribution >= 4 is 28.8 Å². The molecule has 2 unspecified atom stereocenters. The van der Waals surface area contributed by atoms with Crippen LogP contribution < -0.4 is 19.1 Å². The Morgan fingerprint density at radius 1 is 0.981 bits per heavy atom. The molecule has 53 heavy (non-hydrogen) atoms. The van der Waals surface area contributed by atoms with Crippen LogP contribution in [0.2, 0.25) is 0 Å². The van der Waals surface area contributed by atoms with Gasteiger partial charge in [-0.2, -0.15) is 26.3 Å². The van der Waals surface area contributed by atoms with Gasteiger partial charge in [-0.25, -0.2) is 4.98 Å². The van der Waals surface area contributed by atoms with Gasteiger partial charge in [-0.3, -0.25) is 9.59 Å². The molecule has 10 nitrogen and oxygen atoms in total. The molecule has 288 valence electrons. The molecule has 0 radical (unpaired) electrons. The fraction of sp³-hybridized carbons (Fsp3) is 0.528. The van der Waals surface area contributed by atoms with Crippen molar-refractivity contribution in [2.45, 2.75) is 68.9 Å². The highest BCUT2D eigenvalue weighted by Crippen LogP contribution is 2.44. The number of ether oxygens (including phenoxy) is 3. The van der Waals surface area contributed by atoms with E-state index in [0.29, 0.717) is 61.9 Å². The van der Waals surface area contributed by atoms with Gasteiger partial charge in [0.15, 0.2) is 0 Å². The van der Waals surface area contributed by atoms with Gasteiger partial charge in [0.1, 0.15) is 28.5 Å². The van der Waals surface area contributed by atoms with E-state index in [9.17, 15) is 41.0 Å². The number of piperazine rings is 1. The van der Waals surface area contributed by atoms with Gasteiger partial charge in [-0.15, -0.1) is 11.3 Å². The van der Waals surface area contributed by atoms with Crippen LogP contribution in [0.4, 0.5) is 32.0 Å². The van der Waals surface area contributed by atoms with Crippen molar-refractivity contribution in [3.63, 3.8) is 0 Å². The van der Waals surface area contributed by atoms with E-state index in [1.807, 2.05) is 17.0 Å². The molecule has 17 heteroatoms. The summed E-state index contributed by atoms with van der Waals surface area (Å²) >= 11 is 0.400. The lowest BCUT2D eigenvalue weighted by Gasteiger charge is -2.51. The minimum Gasteiger partial charge on any atom is -0.489 e. The largest absolute Gasteiger partial charge is 0.489 e. The number of aromatic nitrogens is 1. The molecular weight excluding hydrogens is 730 g/mol. The van der Waals surface area contributed by atoms with Crippen molar-refractivity contribution in [1.29, 1.82) is 0 Å². The highest BCUT2D eigenvalue weighted by molar-refractivity contribution is 7.10. The number of aliphatic hydroxyl groups excluding tert-OH is 1. The van der Waals surface area contributed by atoms with E-state index in [0.717, 1.165) is 23.3 Å². The lowest BCUT2D eigenvalue weighted by molar-refractivity contribution is -0.159. The number of para-hydroxylation sites is 2. The SMILES string of the molecule is O=C1c2c(C(F)(F)F)ccnc2OCCCCCCC2N1CCCC2(Oc1csc(C(F)(F)F)c1)C(=O)N1CCN(c2ccccc2OCCO)CC1. The molecule has 1 N–H and O–H groups in total. The van der Waals surface area contributed by atoms with Gasteiger partial charge in [-0.05, 0) is 37.5 Å². The minimum absolute atomic E-state index is 0.0120. The number of pyridine rings is 1. The number of hydrogen-bond acceptors (Lipinski definition) is 9. The van der Waals surface area contributed by atoms with Gasteiger partial charge < -0.3 is 34.0 Å². The number of benzene rings is 1. The number of carbonyl (C=O) groups is 2. The molecular formula is C36H40F6N4O6S. The predicted molar refractivity (Wildman–Crippen MR) is 182 cm³/mol. The van der Waals surface area contributed by atoms with Gasteiger partial charge in [0, 0.05) is 56.8 Å². The highest BCUT2D eigenvalue weighted by atomic mass is 32.1. The van der Waals surface area contributed by atoms with Gasteiger partial charge in [0.25, 0.3) is 11.8 Å². The average molecular weight is 771 g/mol. The first kappa shape index (κ1) is 38.5. The number of amides is 2. The molecule has 5 heterocycles. The Morgan fingerprint density at radius 3 is 2.45 bits per heavy atom. The number of halogens is 6. The van der Waals surface area contributed by atoms with Crippen LogP contribution in [0.15, 0.2) is 48.0 Å². The van der Waals surface area contributed by atoms with Gasteiger partial charge >= 0.3 is 12.4 Å². The minimum atomic E-state index is -4.94. The van der Waals surface area contributed by atoms with Crippen LogP contribution in [0.5, 0.6) is 17.4 Å². The molecule has 2 fully saturated rings. The number of hydrogen-bond donors (Lipinski definition) is 1.